The molecule has 0 saturated heterocycles. The quantitative estimate of drug-likeness (QED) is 0.583. The summed E-state index contributed by atoms with van der Waals surface area (Å²) < 4.78 is 12.8. The summed E-state index contributed by atoms with van der Waals surface area (Å²) >= 11 is 3.17. The van der Waals surface area contributed by atoms with E-state index in [0.717, 1.165) is 12.8 Å². The van der Waals surface area contributed by atoms with E-state index < -0.39 is 21.7 Å². The molecule has 0 radical (unpaired) electrons. The summed E-state index contributed by atoms with van der Waals surface area (Å²) in [5, 5.41) is 19.9. The van der Waals surface area contributed by atoms with Gasteiger partial charge < -0.3 is 5.11 Å². The van der Waals surface area contributed by atoms with Crippen molar-refractivity contribution in [3.8, 4) is 0 Å². The molecular weight excluding hydrogens is 362 g/mol. The SMILES string of the molecule is O=C(O)CC1(CS(=O)Cc2ccc(Br)cc2[N+](=O)[O-])CC1. The Morgan fingerprint density at radius 3 is 2.67 bits per heavy atom. The zero-order chi connectivity index (χ0) is 15.6. The minimum atomic E-state index is -1.31. The average Bonchev–Trinajstić information content (AvgIpc) is 3.09. The Balaban J connectivity index is 2.07. The Hall–Kier alpha value is -1.28. The van der Waals surface area contributed by atoms with Crippen LogP contribution in [0, 0.1) is 15.5 Å². The van der Waals surface area contributed by atoms with Crippen molar-refractivity contribution in [2.24, 2.45) is 5.41 Å². The fourth-order valence-corrected chi connectivity index (χ4v) is 4.38. The highest BCUT2D eigenvalue weighted by atomic mass is 79.9. The van der Waals surface area contributed by atoms with E-state index in [-0.39, 0.29) is 29.0 Å². The van der Waals surface area contributed by atoms with Gasteiger partial charge in [-0.1, -0.05) is 22.0 Å². The van der Waals surface area contributed by atoms with E-state index in [1.54, 1.807) is 12.1 Å². The number of hydrogen-bond donors (Lipinski definition) is 1. The van der Waals surface area contributed by atoms with E-state index in [0.29, 0.717) is 10.0 Å². The molecule has 114 valence electrons. The number of hydrogen-bond acceptors (Lipinski definition) is 4. The third-order valence-corrected chi connectivity index (χ3v) is 5.57. The molecule has 1 fully saturated rings. The lowest BCUT2D eigenvalue weighted by molar-refractivity contribution is -0.385. The van der Waals surface area contributed by atoms with Crippen LogP contribution in [0.2, 0.25) is 0 Å². The van der Waals surface area contributed by atoms with E-state index in [1.807, 2.05) is 0 Å². The van der Waals surface area contributed by atoms with Crippen molar-refractivity contribution in [3.63, 3.8) is 0 Å². The lowest BCUT2D eigenvalue weighted by Gasteiger charge is -2.12. The summed E-state index contributed by atoms with van der Waals surface area (Å²) in [6.07, 6.45) is 1.53. The van der Waals surface area contributed by atoms with Crippen LogP contribution < -0.4 is 0 Å². The molecule has 1 aromatic carbocycles. The monoisotopic (exact) mass is 375 g/mol. The number of carbonyl (C=O) groups is 1. The Kier molecular flexibility index (Phi) is 4.77. The van der Waals surface area contributed by atoms with Gasteiger partial charge in [0.25, 0.3) is 5.69 Å². The van der Waals surface area contributed by atoms with Gasteiger partial charge in [0.05, 0.1) is 17.1 Å². The number of nitro benzene ring substituents is 1. The number of nitrogens with zero attached hydrogens (tertiary/aromatic N) is 1. The topological polar surface area (TPSA) is 97.5 Å². The minimum Gasteiger partial charge on any atom is -0.481 e. The molecule has 0 bridgehead atoms. The number of carboxylic acids is 1. The first-order chi connectivity index (χ1) is 9.81. The van der Waals surface area contributed by atoms with Crippen molar-refractivity contribution < 1.29 is 19.0 Å². The summed E-state index contributed by atoms with van der Waals surface area (Å²) in [5.41, 5.74) is -0.0330. The number of carboxylic acid groups (broad SMARTS) is 1. The first-order valence-electron chi connectivity index (χ1n) is 6.31. The predicted molar refractivity (Wildman–Crippen MR) is 81.4 cm³/mol. The summed E-state index contributed by atoms with van der Waals surface area (Å²) in [6, 6.07) is 4.64. The third-order valence-electron chi connectivity index (χ3n) is 3.51. The molecule has 0 amide bonds. The van der Waals surface area contributed by atoms with Crippen molar-refractivity contribution in [3.05, 3.63) is 38.3 Å². The number of rotatable bonds is 7. The predicted octanol–water partition coefficient (Wildman–Crippen LogP) is 2.86. The van der Waals surface area contributed by atoms with Gasteiger partial charge in [0, 0.05) is 32.7 Å². The molecule has 0 aliphatic heterocycles. The van der Waals surface area contributed by atoms with Crippen molar-refractivity contribution in [2.75, 3.05) is 5.75 Å². The van der Waals surface area contributed by atoms with Gasteiger partial charge >= 0.3 is 5.97 Å². The maximum Gasteiger partial charge on any atom is 0.303 e. The Labute approximate surface area is 132 Å². The molecule has 21 heavy (non-hydrogen) atoms. The van der Waals surface area contributed by atoms with Gasteiger partial charge in [0.1, 0.15) is 0 Å². The smallest absolute Gasteiger partial charge is 0.303 e. The molecule has 0 heterocycles. The minimum absolute atomic E-state index is 0.0151. The van der Waals surface area contributed by atoms with E-state index in [2.05, 4.69) is 15.9 Å². The van der Waals surface area contributed by atoms with Crippen LogP contribution >= 0.6 is 15.9 Å². The molecule has 2 rings (SSSR count). The maximum absolute atomic E-state index is 12.2. The standard InChI is InChI=1S/C13H14BrNO5S/c14-10-2-1-9(11(5-10)15(18)19)7-21(20)8-13(3-4-13)6-12(16)17/h1-2,5H,3-4,6-8H2,(H,16,17). The van der Waals surface area contributed by atoms with Gasteiger partial charge in [-0.3, -0.25) is 19.1 Å². The van der Waals surface area contributed by atoms with Crippen molar-refractivity contribution in [1.29, 1.82) is 0 Å². The van der Waals surface area contributed by atoms with Crippen LogP contribution in [0.15, 0.2) is 22.7 Å². The van der Waals surface area contributed by atoms with Crippen LogP contribution in [0.5, 0.6) is 0 Å². The van der Waals surface area contributed by atoms with Crippen molar-refractivity contribution >= 4 is 38.4 Å². The molecule has 0 aromatic heterocycles. The molecule has 6 nitrogen and oxygen atoms in total. The first-order valence-corrected chi connectivity index (χ1v) is 8.59. The summed E-state index contributed by atoms with van der Waals surface area (Å²) in [5.74, 6) is -0.531. The van der Waals surface area contributed by atoms with Crippen LogP contribution in [0.25, 0.3) is 0 Å². The lowest BCUT2D eigenvalue weighted by Crippen LogP contribution is -2.17. The van der Waals surface area contributed by atoms with E-state index in [4.69, 9.17) is 5.11 Å². The number of halogens is 1. The third kappa shape index (κ3) is 4.34. The van der Waals surface area contributed by atoms with Crippen molar-refractivity contribution in [2.45, 2.75) is 25.0 Å². The van der Waals surface area contributed by atoms with Crippen molar-refractivity contribution in [1.82, 2.24) is 0 Å². The molecule has 1 saturated carbocycles. The Morgan fingerprint density at radius 1 is 1.48 bits per heavy atom. The molecule has 1 N–H and O–H groups in total. The zero-order valence-corrected chi connectivity index (χ0v) is 13.5. The fourth-order valence-electron chi connectivity index (χ4n) is 2.26. The lowest BCUT2D eigenvalue weighted by atomic mass is 10.1. The Bertz CT molecular complexity index is 615. The first kappa shape index (κ1) is 16.1. The van der Waals surface area contributed by atoms with E-state index in [1.165, 1.54) is 6.07 Å². The van der Waals surface area contributed by atoms with Gasteiger partial charge in [-0.05, 0) is 24.3 Å². The van der Waals surface area contributed by atoms with Gasteiger partial charge in [-0.25, -0.2) is 0 Å². The van der Waals surface area contributed by atoms with Crippen LogP contribution in [0.1, 0.15) is 24.8 Å². The van der Waals surface area contributed by atoms with Gasteiger partial charge in [-0.2, -0.15) is 0 Å². The highest BCUT2D eigenvalue weighted by Gasteiger charge is 2.45. The molecule has 1 aliphatic carbocycles. The van der Waals surface area contributed by atoms with Crippen LogP contribution in [-0.2, 0) is 21.3 Å². The fraction of sp³-hybridized carbons (Fsp3) is 0.462. The summed E-state index contributed by atoms with van der Waals surface area (Å²) in [4.78, 5) is 21.3. The average molecular weight is 376 g/mol. The van der Waals surface area contributed by atoms with E-state index >= 15 is 0 Å². The number of aliphatic carboxylic acids is 1. The van der Waals surface area contributed by atoms with E-state index in [9.17, 15) is 19.1 Å². The van der Waals surface area contributed by atoms with Crippen LogP contribution in [0.4, 0.5) is 5.69 Å². The highest BCUT2D eigenvalue weighted by Crippen LogP contribution is 2.49. The normalized spacial score (nSPS) is 17.2. The second-order valence-electron chi connectivity index (χ2n) is 5.33. The number of nitro groups is 1. The molecular formula is C13H14BrNO5S. The van der Waals surface area contributed by atoms with Crippen LogP contribution in [-0.4, -0.2) is 26.0 Å². The van der Waals surface area contributed by atoms with Crippen LogP contribution in [0.3, 0.4) is 0 Å². The molecule has 1 atom stereocenters. The van der Waals surface area contributed by atoms with Gasteiger partial charge in [0.15, 0.2) is 0 Å². The van der Waals surface area contributed by atoms with Gasteiger partial charge in [-0.15, -0.1) is 0 Å². The second-order valence-corrected chi connectivity index (χ2v) is 7.70. The second kappa shape index (κ2) is 6.23. The molecule has 1 unspecified atom stereocenters. The largest absolute Gasteiger partial charge is 0.481 e. The molecule has 0 spiro atoms. The number of benzene rings is 1. The molecule has 8 heteroatoms. The Morgan fingerprint density at radius 2 is 2.14 bits per heavy atom. The molecule has 1 aliphatic rings. The summed E-state index contributed by atoms with van der Waals surface area (Å²) in [6.45, 7) is 0. The highest BCUT2D eigenvalue weighted by molar-refractivity contribution is 9.10. The zero-order valence-electron chi connectivity index (χ0n) is 11.1. The summed E-state index contributed by atoms with van der Waals surface area (Å²) in [7, 11) is -1.31. The van der Waals surface area contributed by atoms with Gasteiger partial charge in [0.2, 0.25) is 0 Å². The maximum atomic E-state index is 12.2. The molecule has 1 aromatic rings.